The summed E-state index contributed by atoms with van der Waals surface area (Å²) in [6.45, 7) is 2.96. The van der Waals surface area contributed by atoms with E-state index >= 15 is 0 Å². The van der Waals surface area contributed by atoms with E-state index in [0.717, 1.165) is 38.8 Å². The first-order valence-corrected chi connectivity index (χ1v) is 7.70. The van der Waals surface area contributed by atoms with Gasteiger partial charge in [0.25, 0.3) is 0 Å². The zero-order valence-corrected chi connectivity index (χ0v) is 11.8. The van der Waals surface area contributed by atoms with Gasteiger partial charge in [0.05, 0.1) is 6.61 Å². The smallest absolute Gasteiger partial charge is 0.224 e. The summed E-state index contributed by atoms with van der Waals surface area (Å²) in [6.07, 6.45) is 5.17. The summed E-state index contributed by atoms with van der Waals surface area (Å²) in [5, 5.41) is 4.81. The first-order valence-electron chi connectivity index (χ1n) is 7.70. The van der Waals surface area contributed by atoms with Crippen molar-refractivity contribution in [1.82, 2.24) is 15.3 Å². The standard InChI is InChI=1S/C14H23N3O3/c18-13-9-11-3-4-12(10-15-13)17(11)14(19)5-7-16-6-1-2-8-20-16/h11-12H,1-10H2,(H,15,18)/t11-,12+/m0/s1. The molecule has 3 aliphatic rings. The van der Waals surface area contributed by atoms with E-state index in [1.807, 2.05) is 9.96 Å². The molecule has 6 nitrogen and oxygen atoms in total. The predicted octanol–water partition coefficient (Wildman–Crippen LogP) is 0.283. The molecule has 0 spiro atoms. The van der Waals surface area contributed by atoms with E-state index < -0.39 is 0 Å². The lowest BCUT2D eigenvalue weighted by Crippen LogP contribution is -2.44. The van der Waals surface area contributed by atoms with E-state index in [2.05, 4.69) is 5.32 Å². The molecular weight excluding hydrogens is 258 g/mol. The first-order chi connectivity index (χ1) is 9.74. The summed E-state index contributed by atoms with van der Waals surface area (Å²) in [5.41, 5.74) is 0. The topological polar surface area (TPSA) is 61.9 Å². The lowest BCUT2D eigenvalue weighted by atomic mass is 10.1. The monoisotopic (exact) mass is 281 g/mol. The zero-order chi connectivity index (χ0) is 13.9. The molecule has 3 heterocycles. The minimum atomic E-state index is 0.0781. The molecule has 3 saturated heterocycles. The average molecular weight is 281 g/mol. The van der Waals surface area contributed by atoms with Gasteiger partial charge in [0, 0.05) is 44.6 Å². The maximum absolute atomic E-state index is 12.5. The molecule has 20 heavy (non-hydrogen) atoms. The molecule has 0 aromatic carbocycles. The van der Waals surface area contributed by atoms with E-state index in [4.69, 9.17) is 4.84 Å². The number of hydrogen-bond acceptors (Lipinski definition) is 4. The van der Waals surface area contributed by atoms with Crippen molar-refractivity contribution in [3.8, 4) is 0 Å². The molecule has 0 saturated carbocycles. The lowest BCUT2D eigenvalue weighted by Gasteiger charge is -2.30. The molecule has 1 N–H and O–H groups in total. The van der Waals surface area contributed by atoms with E-state index in [-0.39, 0.29) is 23.9 Å². The summed E-state index contributed by atoms with van der Waals surface area (Å²) < 4.78 is 0. The van der Waals surface area contributed by atoms with Crippen LogP contribution in [0.25, 0.3) is 0 Å². The number of hydrogen-bond donors (Lipinski definition) is 1. The van der Waals surface area contributed by atoms with Gasteiger partial charge in [-0.3, -0.25) is 14.4 Å². The summed E-state index contributed by atoms with van der Waals surface area (Å²) >= 11 is 0. The number of nitrogens with zero attached hydrogens (tertiary/aromatic N) is 2. The first kappa shape index (κ1) is 13.8. The maximum atomic E-state index is 12.5. The van der Waals surface area contributed by atoms with Gasteiger partial charge in [0.1, 0.15) is 0 Å². The van der Waals surface area contributed by atoms with Crippen LogP contribution in [0.5, 0.6) is 0 Å². The molecule has 0 aromatic rings. The Morgan fingerprint density at radius 1 is 1.30 bits per heavy atom. The molecule has 0 aromatic heterocycles. The Balaban J connectivity index is 1.54. The Labute approximate surface area is 119 Å². The molecule has 2 amide bonds. The number of carbonyl (C=O) groups is 2. The fraction of sp³-hybridized carbons (Fsp3) is 0.857. The van der Waals surface area contributed by atoms with Crippen molar-refractivity contribution < 1.29 is 14.4 Å². The van der Waals surface area contributed by atoms with Gasteiger partial charge in [-0.15, -0.1) is 0 Å². The van der Waals surface area contributed by atoms with Crippen molar-refractivity contribution in [3.63, 3.8) is 0 Å². The highest BCUT2D eigenvalue weighted by molar-refractivity contribution is 5.81. The fourth-order valence-corrected chi connectivity index (χ4v) is 3.46. The van der Waals surface area contributed by atoms with Crippen LogP contribution < -0.4 is 5.32 Å². The van der Waals surface area contributed by atoms with Gasteiger partial charge in [-0.25, -0.2) is 0 Å². The third-order valence-corrected chi connectivity index (χ3v) is 4.51. The second-order valence-electron chi connectivity index (χ2n) is 5.91. The van der Waals surface area contributed by atoms with Crippen molar-refractivity contribution in [3.05, 3.63) is 0 Å². The second-order valence-corrected chi connectivity index (χ2v) is 5.91. The third-order valence-electron chi connectivity index (χ3n) is 4.51. The summed E-state index contributed by atoms with van der Waals surface area (Å²) in [4.78, 5) is 31.5. The van der Waals surface area contributed by atoms with Crippen LogP contribution in [0.2, 0.25) is 0 Å². The highest BCUT2D eigenvalue weighted by Crippen LogP contribution is 2.28. The summed E-state index contributed by atoms with van der Waals surface area (Å²) in [5.74, 6) is 0.248. The minimum Gasteiger partial charge on any atom is -0.354 e. The number of fused-ring (bicyclic) bond motifs is 2. The highest BCUT2D eigenvalue weighted by Gasteiger charge is 2.39. The molecule has 112 valence electrons. The molecule has 3 aliphatic heterocycles. The number of carbonyl (C=O) groups excluding carboxylic acids is 2. The molecule has 2 bridgehead atoms. The number of nitrogens with one attached hydrogen (secondary N) is 1. The van der Waals surface area contributed by atoms with Crippen molar-refractivity contribution in [2.24, 2.45) is 0 Å². The van der Waals surface area contributed by atoms with E-state index in [9.17, 15) is 9.59 Å². The molecule has 0 aliphatic carbocycles. The molecule has 2 atom stereocenters. The van der Waals surface area contributed by atoms with Crippen molar-refractivity contribution in [2.75, 3.05) is 26.2 Å². The van der Waals surface area contributed by atoms with Gasteiger partial charge in [-0.1, -0.05) is 0 Å². The van der Waals surface area contributed by atoms with Gasteiger partial charge < -0.3 is 10.2 Å². The van der Waals surface area contributed by atoms with Gasteiger partial charge >= 0.3 is 0 Å². The van der Waals surface area contributed by atoms with Crippen LogP contribution in [0.15, 0.2) is 0 Å². The van der Waals surface area contributed by atoms with Crippen molar-refractivity contribution in [1.29, 1.82) is 0 Å². The number of rotatable bonds is 3. The van der Waals surface area contributed by atoms with E-state index in [1.54, 1.807) is 0 Å². The largest absolute Gasteiger partial charge is 0.354 e. The molecule has 0 unspecified atom stereocenters. The molecule has 3 rings (SSSR count). The van der Waals surface area contributed by atoms with Crippen LogP contribution in [0.1, 0.15) is 38.5 Å². The Bertz CT molecular complexity index is 382. The quantitative estimate of drug-likeness (QED) is 0.807. The van der Waals surface area contributed by atoms with Crippen LogP contribution >= 0.6 is 0 Å². The number of amides is 2. The zero-order valence-electron chi connectivity index (χ0n) is 11.8. The summed E-state index contributed by atoms with van der Waals surface area (Å²) in [6, 6.07) is 0.304. The van der Waals surface area contributed by atoms with Crippen LogP contribution in [-0.4, -0.2) is 60.1 Å². The second kappa shape index (κ2) is 6.10. The molecule has 6 heteroatoms. The average Bonchev–Trinajstić information content (AvgIpc) is 2.77. The van der Waals surface area contributed by atoms with Crippen molar-refractivity contribution >= 4 is 11.8 Å². The van der Waals surface area contributed by atoms with Gasteiger partial charge in [-0.05, 0) is 25.7 Å². The van der Waals surface area contributed by atoms with Crippen LogP contribution in [0.3, 0.4) is 0 Å². The minimum absolute atomic E-state index is 0.0781. The van der Waals surface area contributed by atoms with Gasteiger partial charge in [-0.2, -0.15) is 5.06 Å². The lowest BCUT2D eigenvalue weighted by molar-refractivity contribution is -0.183. The molecule has 3 fully saturated rings. The third kappa shape index (κ3) is 2.96. The SMILES string of the molecule is O=C1C[C@@H]2CC[C@H](CN1)N2C(=O)CCN1CCCCO1. The van der Waals surface area contributed by atoms with Crippen LogP contribution in [0.4, 0.5) is 0 Å². The Hall–Kier alpha value is -1.14. The maximum Gasteiger partial charge on any atom is 0.224 e. The Kier molecular flexibility index (Phi) is 4.21. The number of hydroxylamine groups is 2. The van der Waals surface area contributed by atoms with E-state index in [1.165, 1.54) is 0 Å². The van der Waals surface area contributed by atoms with Gasteiger partial charge in [0.15, 0.2) is 0 Å². The highest BCUT2D eigenvalue weighted by atomic mass is 16.7. The van der Waals surface area contributed by atoms with E-state index in [0.29, 0.717) is 25.9 Å². The fourth-order valence-electron chi connectivity index (χ4n) is 3.46. The molecular formula is C14H23N3O3. The Morgan fingerprint density at radius 3 is 2.95 bits per heavy atom. The summed E-state index contributed by atoms with van der Waals surface area (Å²) in [7, 11) is 0. The van der Waals surface area contributed by atoms with Crippen LogP contribution in [-0.2, 0) is 14.4 Å². The van der Waals surface area contributed by atoms with Gasteiger partial charge in [0.2, 0.25) is 11.8 Å². The molecule has 0 radical (unpaired) electrons. The van der Waals surface area contributed by atoms with Crippen molar-refractivity contribution in [2.45, 2.75) is 50.6 Å². The van der Waals surface area contributed by atoms with Crippen LogP contribution in [0, 0.1) is 0 Å². The predicted molar refractivity (Wildman–Crippen MR) is 72.7 cm³/mol. The Morgan fingerprint density at radius 2 is 2.15 bits per heavy atom. The normalized spacial score (nSPS) is 31.0.